The number of sulfone groups is 1. The summed E-state index contributed by atoms with van der Waals surface area (Å²) in [7, 11) is -3.04. The number of rotatable bonds is 3. The Morgan fingerprint density at radius 2 is 2.11 bits per heavy atom. The molecule has 0 aromatic carbocycles. The maximum absolute atomic E-state index is 12.0. The molecule has 7 heteroatoms. The fourth-order valence-corrected chi connectivity index (χ4v) is 3.74. The van der Waals surface area contributed by atoms with Gasteiger partial charge in [-0.1, -0.05) is 6.92 Å². The van der Waals surface area contributed by atoms with Crippen molar-refractivity contribution in [3.63, 3.8) is 0 Å². The third-order valence-corrected chi connectivity index (χ3v) is 4.66. The summed E-state index contributed by atoms with van der Waals surface area (Å²) in [6.45, 7) is 1.74. The van der Waals surface area contributed by atoms with E-state index in [9.17, 15) is 13.2 Å². The van der Waals surface area contributed by atoms with Crippen LogP contribution >= 0.6 is 0 Å². The van der Waals surface area contributed by atoms with E-state index in [1.807, 2.05) is 0 Å². The van der Waals surface area contributed by atoms with Crippen LogP contribution in [0.25, 0.3) is 0 Å². The summed E-state index contributed by atoms with van der Waals surface area (Å²) in [5.41, 5.74) is 0. The van der Waals surface area contributed by atoms with Crippen LogP contribution < -0.4 is 4.90 Å². The molecule has 0 saturated carbocycles. The average molecular weight is 269 g/mol. The highest BCUT2D eigenvalue weighted by Gasteiger charge is 2.36. The van der Waals surface area contributed by atoms with Gasteiger partial charge in [-0.15, -0.1) is 0 Å². The number of anilines is 1. The quantitative estimate of drug-likeness (QED) is 0.793. The SMILES string of the molecule is CCC(=O)N(c1ncccn1)C1CCS(=O)(=O)C1. The molecule has 2 rings (SSSR count). The lowest BCUT2D eigenvalue weighted by atomic mass is 10.2. The Balaban J connectivity index is 2.30. The maximum atomic E-state index is 12.0. The van der Waals surface area contributed by atoms with E-state index >= 15 is 0 Å². The van der Waals surface area contributed by atoms with Crippen LogP contribution in [0.15, 0.2) is 18.5 Å². The van der Waals surface area contributed by atoms with Crippen LogP contribution in [0.2, 0.25) is 0 Å². The van der Waals surface area contributed by atoms with Gasteiger partial charge < -0.3 is 0 Å². The van der Waals surface area contributed by atoms with Gasteiger partial charge in [0, 0.05) is 18.8 Å². The van der Waals surface area contributed by atoms with Crippen LogP contribution in [0.3, 0.4) is 0 Å². The van der Waals surface area contributed by atoms with Crippen LogP contribution in [0, 0.1) is 0 Å². The van der Waals surface area contributed by atoms with Gasteiger partial charge in [0.05, 0.1) is 17.5 Å². The van der Waals surface area contributed by atoms with Crippen molar-refractivity contribution in [3.05, 3.63) is 18.5 Å². The van der Waals surface area contributed by atoms with Crippen molar-refractivity contribution in [2.24, 2.45) is 0 Å². The van der Waals surface area contributed by atoms with E-state index in [0.717, 1.165) is 0 Å². The number of amides is 1. The molecule has 1 aromatic heterocycles. The molecule has 0 spiro atoms. The first-order valence-electron chi connectivity index (χ1n) is 5.83. The van der Waals surface area contributed by atoms with Gasteiger partial charge >= 0.3 is 0 Å². The van der Waals surface area contributed by atoms with Crippen LogP contribution in [0.4, 0.5) is 5.95 Å². The number of nitrogens with zero attached hydrogens (tertiary/aromatic N) is 3. The van der Waals surface area contributed by atoms with Gasteiger partial charge in [0.15, 0.2) is 9.84 Å². The highest BCUT2D eigenvalue weighted by atomic mass is 32.2. The minimum atomic E-state index is -3.04. The number of carbonyl (C=O) groups excluding carboxylic acids is 1. The highest BCUT2D eigenvalue weighted by Crippen LogP contribution is 2.22. The van der Waals surface area contributed by atoms with Crippen LogP contribution in [0.5, 0.6) is 0 Å². The van der Waals surface area contributed by atoms with Crippen molar-refractivity contribution < 1.29 is 13.2 Å². The average Bonchev–Trinajstić information content (AvgIpc) is 2.71. The summed E-state index contributed by atoms with van der Waals surface area (Å²) in [6.07, 6.45) is 3.84. The Labute approximate surface area is 106 Å². The first-order valence-corrected chi connectivity index (χ1v) is 7.65. The van der Waals surface area contributed by atoms with E-state index in [0.29, 0.717) is 12.8 Å². The second-order valence-electron chi connectivity index (χ2n) is 4.22. The van der Waals surface area contributed by atoms with Crippen LogP contribution in [-0.2, 0) is 14.6 Å². The van der Waals surface area contributed by atoms with Crippen LogP contribution in [0.1, 0.15) is 19.8 Å². The van der Waals surface area contributed by atoms with E-state index < -0.39 is 9.84 Å². The third kappa shape index (κ3) is 2.66. The van der Waals surface area contributed by atoms with E-state index in [-0.39, 0.29) is 29.4 Å². The lowest BCUT2D eigenvalue weighted by Crippen LogP contribution is -2.42. The van der Waals surface area contributed by atoms with Gasteiger partial charge in [0.1, 0.15) is 0 Å². The fourth-order valence-electron chi connectivity index (χ4n) is 2.04. The van der Waals surface area contributed by atoms with Crippen molar-refractivity contribution in [2.75, 3.05) is 16.4 Å². The Bertz CT molecular complexity index is 530. The molecule has 1 aliphatic heterocycles. The summed E-state index contributed by atoms with van der Waals surface area (Å²) in [4.78, 5) is 21.5. The molecule has 2 heterocycles. The van der Waals surface area contributed by atoms with Gasteiger partial charge in [-0.2, -0.15) is 0 Å². The molecule has 1 atom stereocenters. The predicted molar refractivity (Wildman–Crippen MR) is 66.9 cm³/mol. The molecule has 1 fully saturated rings. The zero-order valence-corrected chi connectivity index (χ0v) is 10.9. The third-order valence-electron chi connectivity index (χ3n) is 2.91. The normalized spacial score (nSPS) is 21.7. The summed E-state index contributed by atoms with van der Waals surface area (Å²) >= 11 is 0. The molecule has 6 nitrogen and oxygen atoms in total. The summed E-state index contributed by atoms with van der Waals surface area (Å²) < 4.78 is 23.0. The molecule has 0 bridgehead atoms. The number of hydrogen-bond donors (Lipinski definition) is 0. The molecule has 1 amide bonds. The van der Waals surface area contributed by atoms with E-state index in [2.05, 4.69) is 9.97 Å². The van der Waals surface area contributed by atoms with E-state index in [1.54, 1.807) is 25.4 Å². The minimum Gasteiger partial charge on any atom is -0.277 e. The van der Waals surface area contributed by atoms with E-state index in [1.165, 1.54) is 4.90 Å². The molecule has 0 radical (unpaired) electrons. The maximum Gasteiger partial charge on any atom is 0.232 e. The lowest BCUT2D eigenvalue weighted by Gasteiger charge is -2.25. The molecule has 1 aliphatic rings. The van der Waals surface area contributed by atoms with Gasteiger partial charge in [0.2, 0.25) is 11.9 Å². The largest absolute Gasteiger partial charge is 0.277 e. The molecule has 0 N–H and O–H groups in total. The van der Waals surface area contributed by atoms with Crippen molar-refractivity contribution >= 4 is 21.7 Å². The van der Waals surface area contributed by atoms with Gasteiger partial charge in [-0.25, -0.2) is 18.4 Å². The predicted octanol–water partition coefficient (Wildman–Crippen LogP) is 0.407. The van der Waals surface area contributed by atoms with Crippen molar-refractivity contribution in [1.82, 2.24) is 9.97 Å². The number of carbonyl (C=O) groups is 1. The van der Waals surface area contributed by atoms with Crippen molar-refractivity contribution in [1.29, 1.82) is 0 Å². The first-order chi connectivity index (χ1) is 8.53. The van der Waals surface area contributed by atoms with Crippen molar-refractivity contribution in [3.8, 4) is 0 Å². The Morgan fingerprint density at radius 1 is 1.44 bits per heavy atom. The fraction of sp³-hybridized carbons (Fsp3) is 0.545. The topological polar surface area (TPSA) is 80.2 Å². The monoisotopic (exact) mass is 269 g/mol. The second-order valence-corrected chi connectivity index (χ2v) is 6.45. The Hall–Kier alpha value is -1.50. The minimum absolute atomic E-state index is 0.00298. The molecular formula is C11H15N3O3S. The van der Waals surface area contributed by atoms with Gasteiger partial charge in [0.25, 0.3) is 0 Å². The molecule has 0 aliphatic carbocycles. The van der Waals surface area contributed by atoms with Gasteiger partial charge in [-0.05, 0) is 12.5 Å². The molecule has 1 saturated heterocycles. The Morgan fingerprint density at radius 3 is 2.61 bits per heavy atom. The second kappa shape index (κ2) is 5.01. The number of aromatic nitrogens is 2. The molecule has 98 valence electrons. The molecule has 1 aromatic rings. The zero-order chi connectivity index (χ0) is 13.2. The van der Waals surface area contributed by atoms with Crippen molar-refractivity contribution in [2.45, 2.75) is 25.8 Å². The van der Waals surface area contributed by atoms with Crippen LogP contribution in [-0.4, -0.2) is 41.8 Å². The zero-order valence-electron chi connectivity index (χ0n) is 10.1. The molecule has 18 heavy (non-hydrogen) atoms. The smallest absolute Gasteiger partial charge is 0.232 e. The summed E-state index contributed by atoms with van der Waals surface area (Å²) in [5, 5.41) is 0. The highest BCUT2D eigenvalue weighted by molar-refractivity contribution is 7.91. The standard InChI is InChI=1S/C11H15N3O3S/c1-2-10(15)14(11-12-5-3-6-13-11)9-4-7-18(16,17)8-9/h3,5-6,9H,2,4,7-8H2,1H3. The van der Waals surface area contributed by atoms with E-state index in [4.69, 9.17) is 0 Å². The first kappa shape index (κ1) is 12.9. The molecular weight excluding hydrogens is 254 g/mol. The lowest BCUT2D eigenvalue weighted by molar-refractivity contribution is -0.118. The summed E-state index contributed by atoms with van der Waals surface area (Å²) in [6, 6.07) is 1.31. The Kier molecular flexibility index (Phi) is 3.60. The van der Waals surface area contributed by atoms with Gasteiger partial charge in [-0.3, -0.25) is 9.69 Å². The summed E-state index contributed by atoms with van der Waals surface area (Å²) in [5.74, 6) is 0.254. The number of hydrogen-bond acceptors (Lipinski definition) is 5. The molecule has 1 unspecified atom stereocenters.